The van der Waals surface area contributed by atoms with Gasteiger partial charge in [-0.2, -0.15) is 0 Å². The van der Waals surface area contributed by atoms with Gasteiger partial charge >= 0.3 is 0 Å². The smallest absolute Gasteiger partial charge is 0.262 e. The van der Waals surface area contributed by atoms with E-state index in [0.717, 1.165) is 36.6 Å². The number of hydrogen-bond donors (Lipinski definition) is 0. The third-order valence-electron chi connectivity index (χ3n) is 5.35. The molecule has 0 bridgehead atoms. The Morgan fingerprint density at radius 1 is 1.04 bits per heavy atom. The van der Waals surface area contributed by atoms with Crippen LogP contribution in [-0.2, 0) is 6.42 Å². The van der Waals surface area contributed by atoms with Crippen LogP contribution in [0.1, 0.15) is 48.5 Å². The Balaban J connectivity index is 1.69. The fraction of sp³-hybridized carbons (Fsp3) is 0.429. The highest BCUT2D eigenvalue weighted by Gasteiger charge is 2.33. The number of fused-ring (bicyclic) bond motifs is 1. The molecule has 4 heteroatoms. The highest BCUT2D eigenvalue weighted by Crippen LogP contribution is 2.34. The Bertz CT molecular complexity index is 765. The molecular weight excluding hydrogens is 310 g/mol. The number of para-hydroxylation sites is 1. The lowest BCUT2D eigenvalue weighted by Gasteiger charge is -2.27. The number of anilines is 2. The summed E-state index contributed by atoms with van der Waals surface area (Å²) in [6.45, 7) is 4.10. The van der Waals surface area contributed by atoms with E-state index in [0.29, 0.717) is 0 Å². The van der Waals surface area contributed by atoms with Crippen LogP contribution >= 0.6 is 0 Å². The Labute approximate surface area is 149 Å². The van der Waals surface area contributed by atoms with Crippen molar-refractivity contribution in [3.05, 3.63) is 53.7 Å². The SMILES string of the molecule is CC1Cc2ccccc2N1C(=O)c1cccnc1N1CCCCCC1. The lowest BCUT2D eigenvalue weighted by atomic mass is 10.1. The van der Waals surface area contributed by atoms with E-state index in [2.05, 4.69) is 28.9 Å². The van der Waals surface area contributed by atoms with Gasteiger partial charge in [0.05, 0.1) is 5.56 Å². The Hall–Kier alpha value is -2.36. The Morgan fingerprint density at radius 2 is 1.80 bits per heavy atom. The van der Waals surface area contributed by atoms with E-state index in [1.54, 1.807) is 6.20 Å². The second-order valence-electron chi connectivity index (χ2n) is 7.13. The molecule has 1 unspecified atom stereocenters. The molecular formula is C21H25N3O. The van der Waals surface area contributed by atoms with Gasteiger partial charge in [-0.3, -0.25) is 4.79 Å². The molecule has 4 nitrogen and oxygen atoms in total. The molecule has 2 aliphatic heterocycles. The molecule has 0 N–H and O–H groups in total. The average Bonchev–Trinajstić information content (AvgIpc) is 2.81. The number of amides is 1. The summed E-state index contributed by atoms with van der Waals surface area (Å²) >= 11 is 0. The highest BCUT2D eigenvalue weighted by atomic mass is 16.2. The topological polar surface area (TPSA) is 36.4 Å². The molecule has 0 saturated carbocycles. The molecule has 4 rings (SSSR count). The van der Waals surface area contributed by atoms with Crippen molar-refractivity contribution in [2.75, 3.05) is 22.9 Å². The first-order chi connectivity index (χ1) is 12.3. The van der Waals surface area contributed by atoms with Crippen LogP contribution in [0.25, 0.3) is 0 Å². The molecule has 1 aromatic carbocycles. The maximum atomic E-state index is 13.4. The van der Waals surface area contributed by atoms with Crippen molar-refractivity contribution in [3.63, 3.8) is 0 Å². The maximum Gasteiger partial charge on any atom is 0.262 e. The third kappa shape index (κ3) is 3.01. The summed E-state index contributed by atoms with van der Waals surface area (Å²) < 4.78 is 0. The molecule has 0 aliphatic carbocycles. The summed E-state index contributed by atoms with van der Waals surface area (Å²) in [5, 5.41) is 0. The monoisotopic (exact) mass is 335 g/mol. The predicted molar refractivity (Wildman–Crippen MR) is 101 cm³/mol. The lowest BCUT2D eigenvalue weighted by Crippen LogP contribution is -2.37. The number of aromatic nitrogens is 1. The summed E-state index contributed by atoms with van der Waals surface area (Å²) in [6, 6.07) is 12.2. The zero-order valence-corrected chi connectivity index (χ0v) is 14.8. The van der Waals surface area contributed by atoms with E-state index in [-0.39, 0.29) is 11.9 Å². The molecule has 2 aromatic rings. The van der Waals surface area contributed by atoms with E-state index >= 15 is 0 Å². The van der Waals surface area contributed by atoms with Crippen LogP contribution in [0.4, 0.5) is 11.5 Å². The molecule has 2 aliphatic rings. The minimum absolute atomic E-state index is 0.0739. The second kappa shape index (κ2) is 6.87. The zero-order chi connectivity index (χ0) is 17.2. The minimum atomic E-state index is 0.0739. The third-order valence-corrected chi connectivity index (χ3v) is 5.35. The molecule has 1 amide bonds. The van der Waals surface area contributed by atoms with Crippen LogP contribution in [0.2, 0.25) is 0 Å². The highest BCUT2D eigenvalue weighted by molar-refractivity contribution is 6.10. The Morgan fingerprint density at radius 3 is 2.60 bits per heavy atom. The summed E-state index contributed by atoms with van der Waals surface area (Å²) in [5.41, 5.74) is 3.03. The van der Waals surface area contributed by atoms with Crippen molar-refractivity contribution < 1.29 is 4.79 Å². The number of carbonyl (C=O) groups excluding carboxylic acids is 1. The van der Waals surface area contributed by atoms with E-state index in [1.165, 1.54) is 31.2 Å². The molecule has 1 atom stereocenters. The molecule has 1 fully saturated rings. The van der Waals surface area contributed by atoms with Gasteiger partial charge in [0, 0.05) is 31.0 Å². The summed E-state index contributed by atoms with van der Waals surface area (Å²) in [4.78, 5) is 22.3. The average molecular weight is 335 g/mol. The van der Waals surface area contributed by atoms with Crippen LogP contribution < -0.4 is 9.80 Å². The maximum absolute atomic E-state index is 13.4. The van der Waals surface area contributed by atoms with E-state index in [1.807, 2.05) is 29.2 Å². The fourth-order valence-electron chi connectivity index (χ4n) is 4.10. The van der Waals surface area contributed by atoms with Gasteiger partial charge in [-0.15, -0.1) is 0 Å². The van der Waals surface area contributed by atoms with Gasteiger partial charge in [-0.05, 0) is 49.9 Å². The summed E-state index contributed by atoms with van der Waals surface area (Å²) in [7, 11) is 0. The number of benzene rings is 1. The van der Waals surface area contributed by atoms with Crippen molar-refractivity contribution in [1.29, 1.82) is 0 Å². The van der Waals surface area contributed by atoms with Gasteiger partial charge in [0.25, 0.3) is 5.91 Å². The first-order valence-electron chi connectivity index (χ1n) is 9.37. The van der Waals surface area contributed by atoms with Gasteiger partial charge in [0.15, 0.2) is 0 Å². The molecule has 0 radical (unpaired) electrons. The minimum Gasteiger partial charge on any atom is -0.356 e. The van der Waals surface area contributed by atoms with Crippen LogP contribution in [0.15, 0.2) is 42.6 Å². The first kappa shape index (κ1) is 16.1. The van der Waals surface area contributed by atoms with Crippen molar-refractivity contribution in [2.24, 2.45) is 0 Å². The molecule has 130 valence electrons. The van der Waals surface area contributed by atoms with Crippen molar-refractivity contribution in [3.8, 4) is 0 Å². The van der Waals surface area contributed by atoms with Crippen LogP contribution in [0.5, 0.6) is 0 Å². The van der Waals surface area contributed by atoms with Gasteiger partial charge in [-0.1, -0.05) is 31.0 Å². The van der Waals surface area contributed by atoms with Crippen LogP contribution in [0, 0.1) is 0 Å². The van der Waals surface area contributed by atoms with Gasteiger partial charge in [-0.25, -0.2) is 4.98 Å². The second-order valence-corrected chi connectivity index (χ2v) is 7.13. The number of hydrogen-bond acceptors (Lipinski definition) is 3. The van der Waals surface area contributed by atoms with Crippen molar-refractivity contribution in [1.82, 2.24) is 4.98 Å². The molecule has 25 heavy (non-hydrogen) atoms. The predicted octanol–water partition coefficient (Wildman–Crippen LogP) is 4.05. The van der Waals surface area contributed by atoms with E-state index < -0.39 is 0 Å². The Kier molecular flexibility index (Phi) is 4.43. The van der Waals surface area contributed by atoms with E-state index in [9.17, 15) is 4.79 Å². The molecule has 0 spiro atoms. The van der Waals surface area contributed by atoms with Crippen molar-refractivity contribution in [2.45, 2.75) is 45.1 Å². The molecule has 1 aromatic heterocycles. The van der Waals surface area contributed by atoms with Crippen LogP contribution in [0.3, 0.4) is 0 Å². The van der Waals surface area contributed by atoms with Gasteiger partial charge in [0.2, 0.25) is 0 Å². The summed E-state index contributed by atoms with van der Waals surface area (Å²) in [5.74, 6) is 0.927. The first-order valence-corrected chi connectivity index (χ1v) is 9.37. The molecule has 3 heterocycles. The number of pyridine rings is 1. The zero-order valence-electron chi connectivity index (χ0n) is 14.8. The van der Waals surface area contributed by atoms with Crippen LogP contribution in [-0.4, -0.2) is 30.0 Å². The standard InChI is InChI=1S/C21H25N3O/c1-16-15-17-9-4-5-11-19(17)24(16)21(25)18-10-8-12-22-20(18)23-13-6-2-3-7-14-23/h4-5,8-12,16H,2-3,6-7,13-15H2,1H3. The van der Waals surface area contributed by atoms with Crippen molar-refractivity contribution >= 4 is 17.4 Å². The summed E-state index contributed by atoms with van der Waals surface area (Å²) in [6.07, 6.45) is 7.60. The quantitative estimate of drug-likeness (QED) is 0.830. The lowest BCUT2D eigenvalue weighted by molar-refractivity contribution is 0.0981. The number of nitrogens with zero attached hydrogens (tertiary/aromatic N) is 3. The normalized spacial score (nSPS) is 20.3. The number of rotatable bonds is 2. The fourth-order valence-corrected chi connectivity index (χ4v) is 4.10. The van der Waals surface area contributed by atoms with E-state index in [4.69, 9.17) is 0 Å². The largest absolute Gasteiger partial charge is 0.356 e. The van der Waals surface area contributed by atoms with Gasteiger partial charge < -0.3 is 9.80 Å². The number of carbonyl (C=O) groups is 1. The van der Waals surface area contributed by atoms with Gasteiger partial charge in [0.1, 0.15) is 5.82 Å². The molecule has 1 saturated heterocycles.